The average molecular weight is 545 g/mol. The third-order valence-corrected chi connectivity index (χ3v) is 5.55. The number of methoxy groups -OCH3 is 1. The molecule has 0 radical (unpaired) electrons. The van der Waals surface area contributed by atoms with Crippen LogP contribution in [0.5, 0.6) is 0 Å². The molecule has 2 aliphatic rings. The number of H-pyrrole nitrogens is 1. The van der Waals surface area contributed by atoms with Crippen LogP contribution in [0.4, 0.5) is 0 Å². The minimum atomic E-state index is -1.87. The molecule has 18 nitrogen and oxygen atoms in total. The molecule has 0 spiro atoms. The first-order valence-corrected chi connectivity index (χ1v) is 11.0. The molecule has 3 amide bonds. The van der Waals surface area contributed by atoms with Gasteiger partial charge in [0.1, 0.15) is 30.5 Å². The van der Waals surface area contributed by atoms with Crippen LogP contribution < -0.4 is 27.8 Å². The minimum Gasteiger partial charge on any atom is -0.456 e. The van der Waals surface area contributed by atoms with Crippen LogP contribution in [0.3, 0.4) is 0 Å². The monoisotopic (exact) mass is 545 g/mol. The highest BCUT2D eigenvalue weighted by Crippen LogP contribution is 2.34. The number of rotatable bonds is 10. The maximum absolute atomic E-state index is 12.4. The Hall–Kier alpha value is -3.65. The van der Waals surface area contributed by atoms with E-state index in [9.17, 15) is 39.3 Å². The number of nitrogens with zero attached hydrogens (tertiary/aromatic N) is 1. The Bertz CT molecular complexity index is 1180. The zero-order valence-corrected chi connectivity index (χ0v) is 20.0. The van der Waals surface area contributed by atoms with E-state index in [0.29, 0.717) is 0 Å². The molecule has 8 atom stereocenters. The molecule has 18 heteroatoms. The summed E-state index contributed by atoms with van der Waals surface area (Å²) in [5.74, 6) is -3.43. The minimum absolute atomic E-state index is 0.531. The van der Waals surface area contributed by atoms with E-state index in [1.165, 1.54) is 14.2 Å². The molecule has 1 aromatic rings. The van der Waals surface area contributed by atoms with Crippen molar-refractivity contribution >= 4 is 17.7 Å². The quantitative estimate of drug-likeness (QED) is 0.135. The normalized spacial score (nSPS) is 29.6. The summed E-state index contributed by atoms with van der Waals surface area (Å²) in [7, 11) is 2.35. The molecule has 1 fully saturated rings. The van der Waals surface area contributed by atoms with Gasteiger partial charge in [0, 0.05) is 19.4 Å². The number of carbonyl (C=O) groups excluding carboxylic acids is 3. The van der Waals surface area contributed by atoms with Gasteiger partial charge >= 0.3 is 5.69 Å². The van der Waals surface area contributed by atoms with Gasteiger partial charge in [-0.05, 0) is 6.08 Å². The number of aliphatic hydroxyl groups excluding tert-OH is 3. The van der Waals surface area contributed by atoms with Crippen LogP contribution in [0.25, 0.3) is 0 Å². The molecule has 2 aliphatic heterocycles. The number of nitrogens with two attached hydrogens (primary N) is 1. The predicted octanol–water partition coefficient (Wildman–Crippen LogP) is -5.56. The predicted molar refractivity (Wildman–Crippen MR) is 119 cm³/mol. The SMILES string of the molecule is CONC(=O)CNC(=O)C1=CC(O)C(O)C(OC(C(N)=O)C2OC(n3ccc(=O)[nH]c3=O)C(O)C2OC)O1. The van der Waals surface area contributed by atoms with E-state index in [4.69, 9.17) is 24.7 Å². The second-order valence-corrected chi connectivity index (χ2v) is 8.07. The Morgan fingerprint density at radius 2 is 1.92 bits per heavy atom. The molecular weight excluding hydrogens is 518 g/mol. The van der Waals surface area contributed by atoms with Gasteiger partial charge in [-0.1, -0.05) is 0 Å². The van der Waals surface area contributed by atoms with Gasteiger partial charge < -0.3 is 45.3 Å². The average Bonchev–Trinajstić information content (AvgIpc) is 3.18. The van der Waals surface area contributed by atoms with Gasteiger partial charge in [0.25, 0.3) is 17.4 Å². The van der Waals surface area contributed by atoms with E-state index >= 15 is 0 Å². The van der Waals surface area contributed by atoms with Gasteiger partial charge in [-0.2, -0.15) is 0 Å². The summed E-state index contributed by atoms with van der Waals surface area (Å²) in [6, 6.07) is 1.00. The maximum atomic E-state index is 12.4. The summed E-state index contributed by atoms with van der Waals surface area (Å²) in [4.78, 5) is 66.2. The van der Waals surface area contributed by atoms with E-state index in [1.807, 2.05) is 10.5 Å². The Morgan fingerprint density at radius 3 is 2.53 bits per heavy atom. The molecule has 0 saturated carbocycles. The van der Waals surface area contributed by atoms with Gasteiger partial charge in [0.15, 0.2) is 18.1 Å². The smallest absolute Gasteiger partial charge is 0.330 e. The number of hydrogen-bond acceptors (Lipinski definition) is 13. The molecule has 210 valence electrons. The Kier molecular flexibility index (Phi) is 9.33. The van der Waals surface area contributed by atoms with Gasteiger partial charge in [-0.15, -0.1) is 0 Å². The topological polar surface area (TPSA) is 263 Å². The molecule has 8 N–H and O–H groups in total. The molecule has 1 saturated heterocycles. The summed E-state index contributed by atoms with van der Waals surface area (Å²) >= 11 is 0. The number of aromatic nitrogens is 2. The van der Waals surface area contributed by atoms with E-state index in [1.54, 1.807) is 0 Å². The standard InChI is InChI=1S/C20H27N5O13/c1-34-13-12(30)18(25-4-3-9(27)23-20(25)33)37-14(13)15(16(21)31)38-19-11(29)7(26)5-8(36-19)17(32)22-6-10(28)24-35-2/h3-5,7,11-15,18-19,26,29-30H,6H2,1-2H3,(H2,21,31)(H,22,32)(H,24,28)(H,23,27,33). The van der Waals surface area contributed by atoms with E-state index in [0.717, 1.165) is 22.9 Å². The van der Waals surface area contributed by atoms with Crippen molar-refractivity contribution in [3.63, 3.8) is 0 Å². The first-order chi connectivity index (χ1) is 18.0. The maximum Gasteiger partial charge on any atom is 0.330 e. The van der Waals surface area contributed by atoms with Crippen molar-refractivity contribution in [2.75, 3.05) is 20.8 Å². The van der Waals surface area contributed by atoms with Crippen LogP contribution in [-0.4, -0.2) is 106 Å². The number of carbonyl (C=O) groups is 3. The molecule has 8 unspecified atom stereocenters. The fraction of sp³-hybridized carbons (Fsp3) is 0.550. The largest absolute Gasteiger partial charge is 0.456 e. The van der Waals surface area contributed by atoms with Gasteiger partial charge in [0.2, 0.25) is 12.2 Å². The number of ether oxygens (including phenoxy) is 4. The summed E-state index contributed by atoms with van der Waals surface area (Å²) < 4.78 is 22.5. The second kappa shape index (κ2) is 12.3. The van der Waals surface area contributed by atoms with Crippen molar-refractivity contribution in [3.05, 3.63) is 44.9 Å². The first kappa shape index (κ1) is 28.9. The number of hydrogen-bond donors (Lipinski definition) is 7. The molecule has 38 heavy (non-hydrogen) atoms. The van der Waals surface area contributed by atoms with Gasteiger partial charge in [-0.25, -0.2) is 10.3 Å². The molecular formula is C20H27N5O13. The lowest BCUT2D eigenvalue weighted by molar-refractivity contribution is -0.241. The van der Waals surface area contributed by atoms with E-state index in [-0.39, 0.29) is 0 Å². The fourth-order valence-electron chi connectivity index (χ4n) is 3.79. The fourth-order valence-corrected chi connectivity index (χ4v) is 3.79. The highest BCUT2D eigenvalue weighted by atomic mass is 16.7. The third kappa shape index (κ3) is 6.25. The van der Waals surface area contributed by atoms with Crippen molar-refractivity contribution in [3.8, 4) is 0 Å². The van der Waals surface area contributed by atoms with Crippen LogP contribution in [0.15, 0.2) is 33.7 Å². The van der Waals surface area contributed by atoms with Crippen molar-refractivity contribution < 1.29 is 53.5 Å². The highest BCUT2D eigenvalue weighted by Gasteiger charge is 2.52. The molecule has 0 aliphatic carbocycles. The molecule has 3 rings (SSSR count). The number of primary amides is 1. The Balaban J connectivity index is 1.80. The van der Waals surface area contributed by atoms with Crippen molar-refractivity contribution in [2.45, 2.75) is 49.1 Å². The third-order valence-electron chi connectivity index (χ3n) is 5.55. The van der Waals surface area contributed by atoms with Crippen LogP contribution >= 0.6 is 0 Å². The Labute approximate surface area is 212 Å². The summed E-state index contributed by atoms with van der Waals surface area (Å²) in [6.07, 6.45) is -11.2. The van der Waals surface area contributed by atoms with Crippen molar-refractivity contribution in [1.82, 2.24) is 20.3 Å². The number of amides is 3. The molecule has 0 aromatic carbocycles. The molecule has 3 heterocycles. The Morgan fingerprint density at radius 1 is 1.21 bits per heavy atom. The highest BCUT2D eigenvalue weighted by molar-refractivity contribution is 5.94. The number of nitrogens with one attached hydrogen (secondary N) is 3. The number of hydroxylamine groups is 1. The van der Waals surface area contributed by atoms with Crippen molar-refractivity contribution in [2.24, 2.45) is 5.73 Å². The summed E-state index contributed by atoms with van der Waals surface area (Å²) in [5.41, 5.74) is 5.80. The molecule has 1 aromatic heterocycles. The van der Waals surface area contributed by atoms with Crippen LogP contribution in [-0.2, 0) is 38.2 Å². The first-order valence-electron chi connectivity index (χ1n) is 11.0. The van der Waals surface area contributed by atoms with Crippen LogP contribution in [0.1, 0.15) is 6.23 Å². The van der Waals surface area contributed by atoms with E-state index < -0.39 is 90.4 Å². The van der Waals surface area contributed by atoms with E-state index in [2.05, 4.69) is 10.2 Å². The number of aromatic amines is 1. The lowest BCUT2D eigenvalue weighted by Gasteiger charge is -2.35. The van der Waals surface area contributed by atoms with Crippen molar-refractivity contribution in [1.29, 1.82) is 0 Å². The lowest BCUT2D eigenvalue weighted by Crippen LogP contribution is -2.54. The lowest BCUT2D eigenvalue weighted by atomic mass is 10.0. The molecule has 0 bridgehead atoms. The zero-order chi connectivity index (χ0) is 28.1. The van der Waals surface area contributed by atoms with Gasteiger partial charge in [0.05, 0.1) is 13.7 Å². The van der Waals surface area contributed by atoms with Crippen LogP contribution in [0, 0.1) is 0 Å². The summed E-state index contributed by atoms with van der Waals surface area (Å²) in [5, 5.41) is 33.4. The summed E-state index contributed by atoms with van der Waals surface area (Å²) in [6.45, 7) is -0.531. The van der Waals surface area contributed by atoms with Gasteiger partial charge in [-0.3, -0.25) is 33.6 Å². The second-order valence-electron chi connectivity index (χ2n) is 8.07. The van der Waals surface area contributed by atoms with Crippen LogP contribution in [0.2, 0.25) is 0 Å². The zero-order valence-electron chi connectivity index (χ0n) is 20.0. The number of aliphatic hydroxyl groups is 3.